The standard InChI is InChI=1S/C20H22F2N4O2/c21-20(22)9-7-19(8-10-20)13-26(14-23-19)12-17(27)15-3-5-16(6-4-15)28-18-2-1-11-24-25-18/h1-6,11,23H,7-10,12-14H2. The number of ether oxygens (including phenoxy) is 1. The van der Waals surface area contributed by atoms with E-state index in [0.29, 0.717) is 43.2 Å². The van der Waals surface area contributed by atoms with Crippen LogP contribution < -0.4 is 10.1 Å². The number of hydrogen-bond donors (Lipinski definition) is 1. The average Bonchev–Trinajstić information content (AvgIpc) is 3.09. The Kier molecular flexibility index (Phi) is 5.07. The number of hydrogen-bond acceptors (Lipinski definition) is 6. The maximum absolute atomic E-state index is 13.4. The second-order valence-corrected chi connectivity index (χ2v) is 7.57. The van der Waals surface area contributed by atoms with Gasteiger partial charge in [0.15, 0.2) is 5.78 Å². The highest BCUT2D eigenvalue weighted by molar-refractivity contribution is 5.97. The minimum Gasteiger partial charge on any atom is -0.438 e. The third kappa shape index (κ3) is 4.34. The molecular formula is C20H22F2N4O2. The summed E-state index contributed by atoms with van der Waals surface area (Å²) in [4.78, 5) is 14.6. The third-order valence-electron chi connectivity index (χ3n) is 5.46. The summed E-state index contributed by atoms with van der Waals surface area (Å²) in [6, 6.07) is 10.3. The lowest BCUT2D eigenvalue weighted by atomic mass is 9.80. The Morgan fingerprint density at radius 3 is 2.57 bits per heavy atom. The van der Waals surface area contributed by atoms with Crippen LogP contribution in [0.15, 0.2) is 42.6 Å². The van der Waals surface area contributed by atoms with Gasteiger partial charge in [-0.1, -0.05) is 0 Å². The third-order valence-corrected chi connectivity index (χ3v) is 5.46. The van der Waals surface area contributed by atoms with Crippen molar-refractivity contribution in [2.24, 2.45) is 0 Å². The molecule has 0 amide bonds. The summed E-state index contributed by atoms with van der Waals surface area (Å²) >= 11 is 0. The fourth-order valence-corrected chi connectivity index (χ4v) is 3.83. The number of alkyl halides is 2. The predicted molar refractivity (Wildman–Crippen MR) is 98.6 cm³/mol. The number of Topliss-reactive ketones (excluding diaryl/α,β-unsaturated/α-hetero) is 1. The van der Waals surface area contributed by atoms with Crippen molar-refractivity contribution in [1.29, 1.82) is 0 Å². The van der Waals surface area contributed by atoms with Crippen LogP contribution in [0.2, 0.25) is 0 Å². The van der Waals surface area contributed by atoms with Crippen molar-refractivity contribution in [3.63, 3.8) is 0 Å². The van der Waals surface area contributed by atoms with Gasteiger partial charge in [-0.2, -0.15) is 5.10 Å². The Morgan fingerprint density at radius 2 is 1.89 bits per heavy atom. The summed E-state index contributed by atoms with van der Waals surface area (Å²) in [5.41, 5.74) is 0.304. The molecule has 1 aliphatic carbocycles. The van der Waals surface area contributed by atoms with Crippen molar-refractivity contribution in [3.05, 3.63) is 48.2 Å². The van der Waals surface area contributed by atoms with E-state index < -0.39 is 5.92 Å². The van der Waals surface area contributed by atoms with E-state index in [1.54, 1.807) is 42.6 Å². The molecule has 0 unspecified atom stereocenters. The van der Waals surface area contributed by atoms with Gasteiger partial charge in [0.25, 0.3) is 0 Å². The number of nitrogens with zero attached hydrogens (tertiary/aromatic N) is 3. The van der Waals surface area contributed by atoms with E-state index in [0.717, 1.165) is 0 Å². The molecule has 1 saturated heterocycles. The van der Waals surface area contributed by atoms with Gasteiger partial charge in [-0.25, -0.2) is 8.78 Å². The first-order chi connectivity index (χ1) is 13.4. The van der Waals surface area contributed by atoms with Crippen LogP contribution >= 0.6 is 0 Å². The van der Waals surface area contributed by atoms with E-state index in [1.807, 2.05) is 4.90 Å². The summed E-state index contributed by atoms with van der Waals surface area (Å²) in [7, 11) is 0. The van der Waals surface area contributed by atoms with Crippen molar-refractivity contribution in [1.82, 2.24) is 20.4 Å². The summed E-state index contributed by atoms with van der Waals surface area (Å²) in [5, 5.41) is 11.0. The maximum atomic E-state index is 13.4. The Balaban J connectivity index is 1.32. The molecule has 1 N–H and O–H groups in total. The molecular weight excluding hydrogens is 366 g/mol. The van der Waals surface area contributed by atoms with Crippen LogP contribution in [0.4, 0.5) is 8.78 Å². The Morgan fingerprint density at radius 1 is 1.14 bits per heavy atom. The van der Waals surface area contributed by atoms with E-state index in [4.69, 9.17) is 4.74 Å². The number of nitrogens with one attached hydrogen (secondary N) is 1. The molecule has 2 aromatic rings. The molecule has 1 aromatic carbocycles. The topological polar surface area (TPSA) is 67.4 Å². The first-order valence-corrected chi connectivity index (χ1v) is 9.37. The van der Waals surface area contributed by atoms with Gasteiger partial charge >= 0.3 is 0 Å². The summed E-state index contributed by atoms with van der Waals surface area (Å²) in [6.07, 6.45) is 2.27. The fraction of sp³-hybridized carbons (Fsp3) is 0.450. The van der Waals surface area contributed by atoms with Crippen molar-refractivity contribution in [2.75, 3.05) is 19.8 Å². The maximum Gasteiger partial charge on any atom is 0.248 e. The van der Waals surface area contributed by atoms with Crippen LogP contribution in [-0.2, 0) is 0 Å². The molecule has 2 aliphatic rings. The van der Waals surface area contributed by atoms with Crippen molar-refractivity contribution < 1.29 is 18.3 Å². The zero-order valence-electron chi connectivity index (χ0n) is 15.4. The molecule has 28 heavy (non-hydrogen) atoms. The number of rotatable bonds is 5. The first kappa shape index (κ1) is 18.9. The molecule has 2 fully saturated rings. The van der Waals surface area contributed by atoms with Crippen molar-refractivity contribution in [2.45, 2.75) is 37.1 Å². The molecule has 0 bridgehead atoms. The summed E-state index contributed by atoms with van der Waals surface area (Å²) < 4.78 is 32.4. The van der Waals surface area contributed by atoms with Crippen LogP contribution in [0.25, 0.3) is 0 Å². The van der Waals surface area contributed by atoms with Gasteiger partial charge in [-0.3, -0.25) is 15.0 Å². The average molecular weight is 388 g/mol. The smallest absolute Gasteiger partial charge is 0.248 e. The fourth-order valence-electron chi connectivity index (χ4n) is 3.83. The molecule has 1 spiro atoms. The SMILES string of the molecule is O=C(CN1CNC2(CCC(F)(F)CC2)C1)c1ccc(Oc2cccnn2)cc1. The zero-order valence-corrected chi connectivity index (χ0v) is 15.4. The minimum atomic E-state index is -2.55. The molecule has 1 aromatic heterocycles. The highest BCUT2D eigenvalue weighted by atomic mass is 19.3. The molecule has 4 rings (SSSR count). The molecule has 1 aliphatic heterocycles. The van der Waals surface area contributed by atoms with E-state index in [2.05, 4.69) is 15.5 Å². The summed E-state index contributed by atoms with van der Waals surface area (Å²) in [6.45, 7) is 1.43. The van der Waals surface area contributed by atoms with Crippen molar-refractivity contribution >= 4 is 5.78 Å². The van der Waals surface area contributed by atoms with Crippen LogP contribution in [0.1, 0.15) is 36.0 Å². The Hall–Kier alpha value is -2.45. The van der Waals surface area contributed by atoms with E-state index in [1.165, 1.54) is 0 Å². The van der Waals surface area contributed by atoms with Crippen LogP contribution in [0, 0.1) is 0 Å². The molecule has 2 heterocycles. The number of benzene rings is 1. The van der Waals surface area contributed by atoms with Crippen LogP contribution in [0.5, 0.6) is 11.6 Å². The Labute approximate surface area is 161 Å². The number of ketones is 1. The van der Waals surface area contributed by atoms with Gasteiger partial charge < -0.3 is 4.74 Å². The highest BCUT2D eigenvalue weighted by Gasteiger charge is 2.46. The molecule has 8 heteroatoms. The van der Waals surface area contributed by atoms with Gasteiger partial charge in [0.1, 0.15) is 5.75 Å². The summed E-state index contributed by atoms with van der Waals surface area (Å²) in [5.74, 6) is -1.60. The van der Waals surface area contributed by atoms with Crippen molar-refractivity contribution in [3.8, 4) is 11.6 Å². The normalized spacial score (nSPS) is 20.9. The van der Waals surface area contributed by atoms with Crippen LogP contribution in [-0.4, -0.2) is 52.1 Å². The van der Waals surface area contributed by atoms with Gasteiger partial charge in [-0.05, 0) is 43.2 Å². The zero-order chi connectivity index (χ0) is 19.6. The number of carbonyl (C=O) groups is 1. The Bertz CT molecular complexity index is 820. The molecule has 0 radical (unpaired) electrons. The monoisotopic (exact) mass is 388 g/mol. The number of halogens is 2. The predicted octanol–water partition coefficient (Wildman–Crippen LogP) is 3.26. The van der Waals surface area contributed by atoms with E-state index >= 15 is 0 Å². The van der Waals surface area contributed by atoms with Crippen LogP contribution in [0.3, 0.4) is 0 Å². The molecule has 1 saturated carbocycles. The van der Waals surface area contributed by atoms with E-state index in [-0.39, 0.29) is 30.7 Å². The van der Waals surface area contributed by atoms with Gasteiger partial charge in [0.05, 0.1) is 6.54 Å². The van der Waals surface area contributed by atoms with Gasteiger partial charge in [0, 0.05) is 49.4 Å². The molecule has 148 valence electrons. The lowest BCUT2D eigenvalue weighted by molar-refractivity contribution is -0.0524. The highest BCUT2D eigenvalue weighted by Crippen LogP contribution is 2.40. The van der Waals surface area contributed by atoms with E-state index in [9.17, 15) is 13.6 Å². The van der Waals surface area contributed by atoms with Gasteiger partial charge in [-0.15, -0.1) is 5.10 Å². The second kappa shape index (κ2) is 7.52. The van der Waals surface area contributed by atoms with Gasteiger partial charge in [0.2, 0.25) is 11.8 Å². The quantitative estimate of drug-likeness (QED) is 0.793. The number of carbonyl (C=O) groups excluding carboxylic acids is 1. The minimum absolute atomic E-state index is 0.00829. The molecule has 6 nitrogen and oxygen atoms in total. The lowest BCUT2D eigenvalue weighted by Gasteiger charge is -2.37. The number of aromatic nitrogens is 2. The molecule has 0 atom stereocenters. The lowest BCUT2D eigenvalue weighted by Crippen LogP contribution is -2.48. The largest absolute Gasteiger partial charge is 0.438 e. The second-order valence-electron chi connectivity index (χ2n) is 7.57. The first-order valence-electron chi connectivity index (χ1n) is 9.37.